The molecule has 14 heteroatoms. The summed E-state index contributed by atoms with van der Waals surface area (Å²) in [5.74, 6) is 2.46. The van der Waals surface area contributed by atoms with Crippen molar-refractivity contribution in [1.82, 2.24) is 0 Å². The van der Waals surface area contributed by atoms with E-state index >= 15 is 0 Å². The lowest BCUT2D eigenvalue weighted by molar-refractivity contribution is 0.0700. The minimum Gasteiger partial charge on any atom is -0.508 e. The van der Waals surface area contributed by atoms with Crippen molar-refractivity contribution in [3.63, 3.8) is 0 Å². The fourth-order valence-corrected chi connectivity index (χ4v) is 10.9. The number of hydrogen-bond donors (Lipinski definition) is 2. The summed E-state index contributed by atoms with van der Waals surface area (Å²) < 4.78 is 59.3. The average Bonchev–Trinajstić information content (AvgIpc) is 3.12. The number of hydrogen-bond acceptors (Lipinski definition) is 12. The predicted octanol–water partition coefficient (Wildman–Crippen LogP) is 7.89. The quantitative estimate of drug-likeness (QED) is 0.0551. The van der Waals surface area contributed by atoms with E-state index in [4.69, 9.17) is 45.5 Å². The van der Waals surface area contributed by atoms with E-state index in [1.807, 2.05) is 53.7 Å². The molecule has 0 bridgehead atoms. The van der Waals surface area contributed by atoms with Crippen molar-refractivity contribution in [1.29, 1.82) is 0 Å². The van der Waals surface area contributed by atoms with E-state index < -0.39 is 17.6 Å². The maximum atomic E-state index is 10.5. The van der Waals surface area contributed by atoms with Crippen molar-refractivity contribution in [3.8, 4) is 34.5 Å². The topological polar surface area (TPSA) is 133 Å². The minimum atomic E-state index is -2.77. The smallest absolute Gasteiger partial charge is 0.500 e. The van der Waals surface area contributed by atoms with Crippen molar-refractivity contribution >= 4 is 17.6 Å². The van der Waals surface area contributed by atoms with E-state index in [1.165, 1.54) is 0 Å². The van der Waals surface area contributed by atoms with Crippen LogP contribution in [0.25, 0.3) is 0 Å². The second-order valence-corrected chi connectivity index (χ2v) is 17.0. The van der Waals surface area contributed by atoms with Gasteiger partial charge in [0.15, 0.2) is 11.5 Å². The molecular formula is C38H58O12Si2. The van der Waals surface area contributed by atoms with Gasteiger partial charge in [-0.1, -0.05) is 12.1 Å². The Kier molecular flexibility index (Phi) is 19.3. The summed E-state index contributed by atoms with van der Waals surface area (Å²) in [5, 5.41) is 21.0. The molecule has 0 radical (unpaired) electrons. The molecular weight excluding hydrogens is 705 g/mol. The molecule has 12 nitrogen and oxygen atoms in total. The van der Waals surface area contributed by atoms with E-state index in [1.54, 1.807) is 48.5 Å². The summed E-state index contributed by atoms with van der Waals surface area (Å²) in [5.41, 5.74) is 1.50. The molecule has 0 unspecified atom stereocenters. The normalized spacial score (nSPS) is 11.8. The first-order valence-corrected chi connectivity index (χ1v) is 22.2. The second-order valence-electron chi connectivity index (χ2n) is 11.5. The largest absolute Gasteiger partial charge is 0.508 e. The molecule has 3 aromatic carbocycles. The number of ether oxygens (including phenoxy) is 4. The third kappa shape index (κ3) is 13.9. The van der Waals surface area contributed by atoms with E-state index in [-0.39, 0.29) is 25.1 Å². The molecule has 3 aromatic rings. The third-order valence-electron chi connectivity index (χ3n) is 7.87. The van der Waals surface area contributed by atoms with Gasteiger partial charge in [-0.05, 0) is 127 Å². The maximum absolute atomic E-state index is 10.5. The first-order chi connectivity index (χ1) is 25.3. The van der Waals surface area contributed by atoms with Crippen molar-refractivity contribution in [2.45, 2.75) is 79.3 Å². The first-order valence-electron chi connectivity index (χ1n) is 18.3. The Balaban J connectivity index is 1.52. The van der Waals surface area contributed by atoms with Crippen LogP contribution >= 0.6 is 0 Å². The molecule has 0 aliphatic carbocycles. The third-order valence-corrected chi connectivity index (χ3v) is 14.2. The van der Waals surface area contributed by atoms with Gasteiger partial charge in [0, 0.05) is 51.7 Å². The van der Waals surface area contributed by atoms with Crippen molar-refractivity contribution in [3.05, 3.63) is 71.8 Å². The number of phenols is 2. The minimum absolute atomic E-state index is 0.0815. The first kappa shape index (κ1) is 43.1. The second kappa shape index (κ2) is 23.3. The van der Waals surface area contributed by atoms with Crippen LogP contribution in [0.15, 0.2) is 60.7 Å². The maximum Gasteiger partial charge on any atom is 0.500 e. The Morgan fingerprint density at radius 1 is 0.462 bits per heavy atom. The molecule has 0 saturated carbocycles. The molecule has 0 heterocycles. The number of benzene rings is 3. The van der Waals surface area contributed by atoms with Crippen LogP contribution < -0.4 is 18.9 Å². The summed E-state index contributed by atoms with van der Waals surface area (Å²) in [6, 6.07) is 18.8. The zero-order valence-electron chi connectivity index (χ0n) is 31.6. The zero-order chi connectivity index (χ0) is 37.7. The van der Waals surface area contributed by atoms with Gasteiger partial charge in [-0.25, -0.2) is 0 Å². The molecule has 2 N–H and O–H groups in total. The van der Waals surface area contributed by atoms with Gasteiger partial charge >= 0.3 is 17.6 Å². The Morgan fingerprint density at radius 2 is 0.808 bits per heavy atom. The summed E-state index contributed by atoms with van der Waals surface area (Å²) >= 11 is 0. The van der Waals surface area contributed by atoms with Crippen LogP contribution in [0.1, 0.15) is 65.5 Å². The van der Waals surface area contributed by atoms with Crippen LogP contribution in [-0.2, 0) is 39.4 Å². The highest BCUT2D eigenvalue weighted by atomic mass is 28.4. The van der Waals surface area contributed by atoms with E-state index in [0.717, 1.165) is 24.0 Å². The molecule has 0 atom stereocenters. The van der Waals surface area contributed by atoms with Crippen molar-refractivity contribution in [2.75, 3.05) is 53.2 Å². The zero-order valence-corrected chi connectivity index (χ0v) is 33.6. The molecule has 0 amide bonds. The Labute approximate surface area is 311 Å². The fraction of sp³-hybridized carbons (Fsp3) is 0.526. The lowest BCUT2D eigenvalue weighted by Crippen LogP contribution is -2.46. The summed E-state index contributed by atoms with van der Waals surface area (Å²) in [6.45, 7) is 14.6. The highest BCUT2D eigenvalue weighted by Gasteiger charge is 2.40. The summed E-state index contributed by atoms with van der Waals surface area (Å²) in [6.07, 6.45) is 2.64. The number of para-hydroxylation sites is 2. The van der Waals surface area contributed by atoms with Crippen LogP contribution in [0, 0.1) is 0 Å². The van der Waals surface area contributed by atoms with E-state index in [2.05, 4.69) is 0 Å². The molecule has 3 rings (SSSR count). The Morgan fingerprint density at radius 3 is 1.13 bits per heavy atom. The van der Waals surface area contributed by atoms with Gasteiger partial charge < -0.3 is 55.7 Å². The van der Waals surface area contributed by atoms with Gasteiger partial charge in [0.25, 0.3) is 0 Å². The van der Waals surface area contributed by atoms with E-state index in [0.29, 0.717) is 87.6 Å². The standard InChI is InChI=1S/C38H58O12Si2/c1-7-45-51(46-8-2,47-9-3)25-15-17-31-27-33(21-23-35(31)39)41-29-43-37-19-13-14-20-38(37)44-30-42-34-22-24-36(40)32(28-34)18-16-26-52(48-10-4,49-11-5)50-12-6/h13-14,19-24,27-28,39-40H,7-12,15-18,25-26,29-30H2,1-6H3. The lowest BCUT2D eigenvalue weighted by atomic mass is 10.1. The molecule has 0 fully saturated rings. The fourth-order valence-electron chi connectivity index (χ4n) is 5.71. The molecule has 52 heavy (non-hydrogen) atoms. The summed E-state index contributed by atoms with van der Waals surface area (Å²) in [4.78, 5) is 0. The SMILES string of the molecule is CCO[Si](CCCc1cc(OCOc2ccccc2OCOc2ccc(O)c(CCC[Si](OCC)(OCC)OCC)c2)ccc1O)(OCC)OCC. The number of aromatic hydroxyl groups is 2. The van der Waals surface area contributed by atoms with Gasteiger partial charge in [0.05, 0.1) is 0 Å². The highest BCUT2D eigenvalue weighted by molar-refractivity contribution is 6.61. The summed E-state index contributed by atoms with van der Waals surface area (Å²) in [7, 11) is -5.54. The van der Waals surface area contributed by atoms with Gasteiger partial charge in [0.1, 0.15) is 23.0 Å². The predicted molar refractivity (Wildman–Crippen MR) is 202 cm³/mol. The van der Waals surface area contributed by atoms with Gasteiger partial charge in [-0.15, -0.1) is 0 Å². The van der Waals surface area contributed by atoms with E-state index in [9.17, 15) is 10.2 Å². The van der Waals surface area contributed by atoms with Gasteiger partial charge in [-0.2, -0.15) is 0 Å². The van der Waals surface area contributed by atoms with Crippen LogP contribution in [0.3, 0.4) is 0 Å². The molecule has 0 saturated heterocycles. The molecule has 0 aromatic heterocycles. The number of rotatable bonds is 28. The van der Waals surface area contributed by atoms with Gasteiger partial charge in [-0.3, -0.25) is 0 Å². The van der Waals surface area contributed by atoms with Crippen LogP contribution in [0.2, 0.25) is 12.1 Å². The van der Waals surface area contributed by atoms with Crippen LogP contribution in [-0.4, -0.2) is 81.0 Å². The molecule has 0 aliphatic heterocycles. The Bertz CT molecular complexity index is 1300. The average molecular weight is 763 g/mol. The van der Waals surface area contributed by atoms with Crippen LogP contribution in [0.4, 0.5) is 0 Å². The number of phenolic OH excluding ortho intramolecular Hbond substituents is 2. The molecule has 290 valence electrons. The van der Waals surface area contributed by atoms with Crippen LogP contribution in [0.5, 0.6) is 34.5 Å². The highest BCUT2D eigenvalue weighted by Crippen LogP contribution is 2.31. The van der Waals surface area contributed by atoms with Gasteiger partial charge in [0.2, 0.25) is 13.6 Å². The Hall–Kier alpha value is -3.35. The lowest BCUT2D eigenvalue weighted by Gasteiger charge is -2.28. The van der Waals surface area contributed by atoms with Crippen molar-refractivity contribution in [2.24, 2.45) is 0 Å². The molecule has 0 aliphatic rings. The molecule has 0 spiro atoms. The number of aryl methyl sites for hydroxylation is 2. The van der Waals surface area contributed by atoms with Crippen molar-refractivity contribution < 1.29 is 55.7 Å². The monoisotopic (exact) mass is 762 g/mol.